The fourth-order valence-electron chi connectivity index (χ4n) is 1.82. The number of nitrogens with one attached hydrogen (secondary N) is 1. The Morgan fingerprint density at radius 1 is 1.37 bits per heavy atom. The van der Waals surface area contributed by atoms with Gasteiger partial charge in [0.05, 0.1) is 11.4 Å². The second-order valence-electron chi connectivity index (χ2n) is 4.31. The van der Waals surface area contributed by atoms with Gasteiger partial charge in [0.1, 0.15) is 0 Å². The molecule has 0 unspecified atom stereocenters. The summed E-state index contributed by atoms with van der Waals surface area (Å²) in [7, 11) is 2.01. The lowest BCUT2D eigenvalue weighted by Gasteiger charge is -2.02. The predicted octanol–water partition coefficient (Wildman–Crippen LogP) is 3.06. The van der Waals surface area contributed by atoms with E-state index in [-0.39, 0.29) is 0 Å². The van der Waals surface area contributed by atoms with Crippen molar-refractivity contribution in [2.45, 2.75) is 13.5 Å². The largest absolute Gasteiger partial charge is 0.402 e. The second-order valence-corrected chi connectivity index (χ2v) is 5.23. The van der Waals surface area contributed by atoms with Crippen molar-refractivity contribution in [1.82, 2.24) is 14.8 Å². The zero-order valence-corrected chi connectivity index (χ0v) is 11.6. The fourth-order valence-corrected chi connectivity index (χ4v) is 2.67. The molecule has 3 rings (SSSR count). The summed E-state index contributed by atoms with van der Waals surface area (Å²) in [5, 5.41) is 13.2. The van der Waals surface area contributed by atoms with Crippen molar-refractivity contribution < 1.29 is 4.42 Å². The molecule has 0 saturated carbocycles. The Balaban J connectivity index is 1.72. The van der Waals surface area contributed by atoms with E-state index in [1.807, 2.05) is 48.3 Å². The van der Waals surface area contributed by atoms with Gasteiger partial charge in [0.25, 0.3) is 5.89 Å². The van der Waals surface area contributed by atoms with Crippen LogP contribution >= 0.6 is 11.3 Å². The van der Waals surface area contributed by atoms with Crippen molar-refractivity contribution in [2.75, 3.05) is 5.32 Å². The molecule has 0 bridgehead atoms. The number of aryl methyl sites for hydroxylation is 2. The summed E-state index contributed by atoms with van der Waals surface area (Å²) in [5.41, 5.74) is 2.31. The normalized spacial score (nSPS) is 10.8. The van der Waals surface area contributed by atoms with Crippen LogP contribution in [-0.2, 0) is 13.6 Å². The maximum absolute atomic E-state index is 5.61. The number of nitrogens with zero attached hydrogens (tertiary/aromatic N) is 3. The Kier molecular flexibility index (Phi) is 3.08. The highest BCUT2D eigenvalue weighted by molar-refractivity contribution is 7.13. The van der Waals surface area contributed by atoms with Crippen molar-refractivity contribution in [3.05, 3.63) is 41.0 Å². The van der Waals surface area contributed by atoms with E-state index in [1.165, 1.54) is 0 Å². The summed E-state index contributed by atoms with van der Waals surface area (Å²) in [5.74, 6) is 0.571. The first-order valence-electron chi connectivity index (χ1n) is 5.96. The van der Waals surface area contributed by atoms with Crippen LogP contribution in [0.25, 0.3) is 10.8 Å². The van der Waals surface area contributed by atoms with Crippen LogP contribution in [0.5, 0.6) is 0 Å². The Bertz CT molecular complexity index is 682. The van der Waals surface area contributed by atoms with Gasteiger partial charge in [0.15, 0.2) is 0 Å². The first-order chi connectivity index (χ1) is 9.24. The summed E-state index contributed by atoms with van der Waals surface area (Å²) in [6.45, 7) is 2.70. The number of aromatic nitrogens is 3. The summed E-state index contributed by atoms with van der Waals surface area (Å²) in [6.07, 6.45) is 2.01. The number of anilines is 1. The van der Waals surface area contributed by atoms with Crippen molar-refractivity contribution in [2.24, 2.45) is 7.05 Å². The molecule has 0 aliphatic heterocycles. The monoisotopic (exact) mass is 274 g/mol. The molecule has 98 valence electrons. The molecule has 0 aliphatic carbocycles. The maximum atomic E-state index is 5.61. The molecule has 1 N–H and O–H groups in total. The number of hydrogen-bond donors (Lipinski definition) is 1. The third-order valence-electron chi connectivity index (χ3n) is 2.95. The van der Waals surface area contributed by atoms with Crippen LogP contribution in [-0.4, -0.2) is 14.8 Å². The average Bonchev–Trinajstić information content (AvgIpc) is 3.08. The third kappa shape index (κ3) is 2.39. The third-order valence-corrected chi connectivity index (χ3v) is 3.96. The molecule has 0 atom stereocenters. The molecular weight excluding hydrogens is 260 g/mol. The SMILES string of the molecule is Cc1ccsc1-c1nnc(NCc2cccn2C)o1. The Morgan fingerprint density at radius 3 is 2.95 bits per heavy atom. The topological polar surface area (TPSA) is 55.9 Å². The van der Waals surface area contributed by atoms with Crippen LogP contribution in [0.1, 0.15) is 11.3 Å². The van der Waals surface area contributed by atoms with E-state index < -0.39 is 0 Å². The van der Waals surface area contributed by atoms with Crippen LogP contribution < -0.4 is 5.32 Å². The molecule has 0 saturated heterocycles. The van der Waals surface area contributed by atoms with Crippen molar-refractivity contribution >= 4 is 17.4 Å². The molecule has 3 heterocycles. The molecule has 0 aliphatic rings. The molecule has 6 heteroatoms. The molecule has 0 fully saturated rings. The van der Waals surface area contributed by atoms with E-state index in [0.29, 0.717) is 18.5 Å². The van der Waals surface area contributed by atoms with E-state index in [2.05, 4.69) is 15.5 Å². The molecule has 3 aromatic heterocycles. The molecule has 0 amide bonds. The van der Waals surface area contributed by atoms with Gasteiger partial charge in [-0.15, -0.1) is 16.4 Å². The highest BCUT2D eigenvalue weighted by atomic mass is 32.1. The predicted molar refractivity (Wildman–Crippen MR) is 75.1 cm³/mol. The summed E-state index contributed by atoms with van der Waals surface area (Å²) < 4.78 is 7.66. The van der Waals surface area contributed by atoms with E-state index >= 15 is 0 Å². The van der Waals surface area contributed by atoms with Crippen LogP contribution in [0.2, 0.25) is 0 Å². The van der Waals surface area contributed by atoms with Crippen molar-refractivity contribution in [1.29, 1.82) is 0 Å². The number of thiophene rings is 1. The first-order valence-corrected chi connectivity index (χ1v) is 6.84. The Hall–Kier alpha value is -2.08. The lowest BCUT2D eigenvalue weighted by atomic mass is 10.3. The van der Waals surface area contributed by atoms with Crippen LogP contribution in [0, 0.1) is 6.92 Å². The molecule has 5 nitrogen and oxygen atoms in total. The Morgan fingerprint density at radius 2 is 2.26 bits per heavy atom. The fraction of sp³-hybridized carbons (Fsp3) is 0.231. The zero-order valence-electron chi connectivity index (χ0n) is 10.8. The summed E-state index contributed by atoms with van der Waals surface area (Å²) >= 11 is 1.61. The van der Waals surface area contributed by atoms with Crippen molar-refractivity contribution in [3.8, 4) is 10.8 Å². The number of hydrogen-bond acceptors (Lipinski definition) is 5. The van der Waals surface area contributed by atoms with Gasteiger partial charge < -0.3 is 14.3 Å². The van der Waals surface area contributed by atoms with Gasteiger partial charge in [-0.1, -0.05) is 5.10 Å². The molecule has 0 radical (unpaired) electrons. The van der Waals surface area contributed by atoms with Gasteiger partial charge >= 0.3 is 6.01 Å². The highest BCUT2D eigenvalue weighted by Gasteiger charge is 2.12. The average molecular weight is 274 g/mol. The lowest BCUT2D eigenvalue weighted by Crippen LogP contribution is -2.03. The van der Waals surface area contributed by atoms with Crippen molar-refractivity contribution in [3.63, 3.8) is 0 Å². The van der Waals surface area contributed by atoms with E-state index in [1.54, 1.807) is 11.3 Å². The van der Waals surface area contributed by atoms with E-state index in [9.17, 15) is 0 Å². The maximum Gasteiger partial charge on any atom is 0.316 e. The van der Waals surface area contributed by atoms with Gasteiger partial charge in [-0.05, 0) is 36.1 Å². The highest BCUT2D eigenvalue weighted by Crippen LogP contribution is 2.28. The lowest BCUT2D eigenvalue weighted by molar-refractivity contribution is 0.580. The molecule has 0 spiro atoms. The van der Waals surface area contributed by atoms with Gasteiger partial charge in [-0.25, -0.2) is 0 Å². The van der Waals surface area contributed by atoms with Gasteiger partial charge in [-0.3, -0.25) is 0 Å². The van der Waals surface area contributed by atoms with E-state index in [0.717, 1.165) is 16.1 Å². The summed E-state index contributed by atoms with van der Waals surface area (Å²) in [6, 6.07) is 6.55. The first kappa shape index (κ1) is 12.0. The molecule has 0 aromatic carbocycles. The molecular formula is C13H14N4OS. The summed E-state index contributed by atoms with van der Waals surface area (Å²) in [4.78, 5) is 1.03. The van der Waals surface area contributed by atoms with Gasteiger partial charge in [0.2, 0.25) is 0 Å². The van der Waals surface area contributed by atoms with Gasteiger partial charge in [-0.2, -0.15) is 0 Å². The minimum atomic E-state index is 0.448. The zero-order chi connectivity index (χ0) is 13.2. The molecule has 3 aromatic rings. The van der Waals surface area contributed by atoms with Crippen LogP contribution in [0.4, 0.5) is 6.01 Å². The van der Waals surface area contributed by atoms with Gasteiger partial charge in [0, 0.05) is 18.9 Å². The Labute approximate surface area is 114 Å². The van der Waals surface area contributed by atoms with E-state index in [4.69, 9.17) is 4.42 Å². The standard InChI is InChI=1S/C13H14N4OS/c1-9-5-7-19-11(9)12-15-16-13(18-12)14-8-10-4-3-6-17(10)2/h3-7H,8H2,1-2H3,(H,14,16). The second kappa shape index (κ2) is 4.89. The van der Waals surface area contributed by atoms with Crippen LogP contribution in [0.15, 0.2) is 34.2 Å². The smallest absolute Gasteiger partial charge is 0.316 e. The quantitative estimate of drug-likeness (QED) is 0.794. The molecule has 19 heavy (non-hydrogen) atoms. The number of rotatable bonds is 4. The van der Waals surface area contributed by atoms with Crippen LogP contribution in [0.3, 0.4) is 0 Å². The minimum Gasteiger partial charge on any atom is -0.402 e. The minimum absolute atomic E-state index is 0.448.